The fraction of sp³-hybridized carbons (Fsp3) is 0.222. The zero-order valence-electron chi connectivity index (χ0n) is 13.2. The van der Waals surface area contributed by atoms with Crippen LogP contribution in [0.2, 0.25) is 0 Å². The first kappa shape index (κ1) is 17.2. The van der Waals surface area contributed by atoms with Gasteiger partial charge in [-0.15, -0.1) is 11.8 Å². The third kappa shape index (κ3) is 5.53. The normalized spacial score (nSPS) is 11.3. The molecule has 0 aromatic heterocycles. The number of nitrogens with zero attached hydrogens (tertiary/aromatic N) is 1. The highest BCUT2D eigenvalue weighted by Crippen LogP contribution is 2.15. The molecule has 120 valence electrons. The molecule has 0 saturated carbocycles. The number of halogens is 1. The molecule has 0 bridgehead atoms. The topological polar surface area (TPSA) is 41.5 Å². The molecule has 0 unspecified atom stereocenters. The second-order valence-corrected chi connectivity index (χ2v) is 6.14. The Bertz CT molecular complexity index is 698. The Kier molecular flexibility index (Phi) is 6.35. The number of rotatable bonds is 6. The van der Waals surface area contributed by atoms with E-state index in [1.807, 2.05) is 12.1 Å². The fourth-order valence-electron chi connectivity index (χ4n) is 1.96. The number of amides is 1. The SMILES string of the molecule is C/C(=N\NC(=O)CSCc1ccccc1C)c1ccc(F)cc1. The lowest BCUT2D eigenvalue weighted by Crippen LogP contribution is -2.21. The van der Waals surface area contributed by atoms with Gasteiger partial charge >= 0.3 is 0 Å². The first-order chi connectivity index (χ1) is 11.1. The van der Waals surface area contributed by atoms with Crippen molar-refractivity contribution in [3.05, 3.63) is 71.0 Å². The first-order valence-electron chi connectivity index (χ1n) is 7.27. The quantitative estimate of drug-likeness (QED) is 0.644. The first-order valence-corrected chi connectivity index (χ1v) is 8.43. The average molecular weight is 330 g/mol. The molecule has 23 heavy (non-hydrogen) atoms. The number of carbonyl (C=O) groups excluding carboxylic acids is 1. The molecule has 0 aliphatic heterocycles. The predicted octanol–water partition coefficient (Wildman–Crippen LogP) is 3.91. The second-order valence-electron chi connectivity index (χ2n) is 5.16. The molecule has 0 heterocycles. The zero-order chi connectivity index (χ0) is 16.7. The van der Waals surface area contributed by atoms with Gasteiger partial charge in [-0.05, 0) is 42.7 Å². The van der Waals surface area contributed by atoms with Gasteiger partial charge in [0, 0.05) is 5.75 Å². The molecule has 2 aromatic carbocycles. The molecule has 5 heteroatoms. The van der Waals surface area contributed by atoms with Crippen molar-refractivity contribution in [3.8, 4) is 0 Å². The molecular weight excluding hydrogens is 311 g/mol. The predicted molar refractivity (Wildman–Crippen MR) is 94.1 cm³/mol. The average Bonchev–Trinajstić information content (AvgIpc) is 2.55. The minimum absolute atomic E-state index is 0.148. The van der Waals surface area contributed by atoms with Crippen molar-refractivity contribution >= 4 is 23.4 Å². The van der Waals surface area contributed by atoms with Crippen LogP contribution in [0.3, 0.4) is 0 Å². The number of nitrogens with one attached hydrogen (secondary N) is 1. The molecular formula is C18H19FN2OS. The lowest BCUT2D eigenvalue weighted by Gasteiger charge is -2.05. The summed E-state index contributed by atoms with van der Waals surface area (Å²) in [5, 5.41) is 4.05. The van der Waals surface area contributed by atoms with Gasteiger partial charge in [0.05, 0.1) is 11.5 Å². The summed E-state index contributed by atoms with van der Waals surface area (Å²) in [6.45, 7) is 3.83. The Morgan fingerprint density at radius 2 is 1.87 bits per heavy atom. The summed E-state index contributed by atoms with van der Waals surface area (Å²) in [7, 11) is 0. The monoisotopic (exact) mass is 330 g/mol. The van der Waals surface area contributed by atoms with E-state index in [-0.39, 0.29) is 11.7 Å². The van der Waals surface area contributed by atoms with Crippen LogP contribution in [0, 0.1) is 12.7 Å². The molecule has 3 nitrogen and oxygen atoms in total. The standard InChI is InChI=1S/C18H19FN2OS/c1-13-5-3-4-6-16(13)11-23-12-18(22)21-20-14(2)15-7-9-17(19)10-8-15/h3-10H,11-12H2,1-2H3,(H,21,22)/b20-14+. The summed E-state index contributed by atoms with van der Waals surface area (Å²) < 4.78 is 12.9. The van der Waals surface area contributed by atoms with Gasteiger partial charge in [-0.2, -0.15) is 5.10 Å². The number of hydrazone groups is 1. The molecule has 0 spiro atoms. The Hall–Kier alpha value is -2.14. The van der Waals surface area contributed by atoms with Crippen LogP contribution in [0.1, 0.15) is 23.6 Å². The zero-order valence-corrected chi connectivity index (χ0v) is 14.0. The maximum atomic E-state index is 12.9. The smallest absolute Gasteiger partial charge is 0.250 e. The van der Waals surface area contributed by atoms with Crippen LogP contribution in [0.4, 0.5) is 4.39 Å². The van der Waals surface area contributed by atoms with E-state index in [1.54, 1.807) is 30.8 Å². The van der Waals surface area contributed by atoms with Crippen LogP contribution in [0.15, 0.2) is 53.6 Å². The van der Waals surface area contributed by atoms with Gasteiger partial charge in [0.1, 0.15) is 5.82 Å². The van der Waals surface area contributed by atoms with E-state index in [4.69, 9.17) is 0 Å². The van der Waals surface area contributed by atoms with Gasteiger partial charge in [-0.25, -0.2) is 9.82 Å². The number of benzene rings is 2. The van der Waals surface area contributed by atoms with E-state index in [2.05, 4.69) is 29.6 Å². The van der Waals surface area contributed by atoms with Crippen molar-refractivity contribution in [1.29, 1.82) is 0 Å². The van der Waals surface area contributed by atoms with Crippen molar-refractivity contribution in [2.45, 2.75) is 19.6 Å². The van der Waals surface area contributed by atoms with E-state index >= 15 is 0 Å². The van der Waals surface area contributed by atoms with Crippen LogP contribution >= 0.6 is 11.8 Å². The van der Waals surface area contributed by atoms with E-state index < -0.39 is 0 Å². The number of thioether (sulfide) groups is 1. The molecule has 0 radical (unpaired) electrons. The molecule has 0 atom stereocenters. The minimum atomic E-state index is -0.293. The van der Waals surface area contributed by atoms with Crippen molar-refractivity contribution < 1.29 is 9.18 Å². The van der Waals surface area contributed by atoms with Gasteiger partial charge in [0.2, 0.25) is 5.91 Å². The highest BCUT2D eigenvalue weighted by atomic mass is 32.2. The Balaban J connectivity index is 1.79. The number of hydrogen-bond donors (Lipinski definition) is 1. The third-order valence-electron chi connectivity index (χ3n) is 3.36. The molecule has 0 aliphatic rings. The lowest BCUT2D eigenvalue weighted by atomic mass is 10.1. The summed E-state index contributed by atoms with van der Waals surface area (Å²) in [6, 6.07) is 14.1. The maximum absolute atomic E-state index is 12.9. The van der Waals surface area contributed by atoms with E-state index in [0.29, 0.717) is 11.5 Å². The molecule has 0 fully saturated rings. The van der Waals surface area contributed by atoms with Crippen LogP contribution in [0.5, 0.6) is 0 Å². The van der Waals surface area contributed by atoms with E-state index in [1.165, 1.54) is 23.3 Å². The van der Waals surface area contributed by atoms with E-state index in [9.17, 15) is 9.18 Å². The Morgan fingerprint density at radius 3 is 2.57 bits per heavy atom. The van der Waals surface area contributed by atoms with Gasteiger partial charge in [0.25, 0.3) is 0 Å². The third-order valence-corrected chi connectivity index (χ3v) is 4.34. The summed E-state index contributed by atoms with van der Waals surface area (Å²) in [5.41, 5.74) is 6.41. The second kappa shape index (κ2) is 8.48. The fourth-order valence-corrected chi connectivity index (χ4v) is 2.86. The summed E-state index contributed by atoms with van der Waals surface area (Å²) in [4.78, 5) is 11.8. The molecule has 2 rings (SSSR count). The summed E-state index contributed by atoms with van der Waals surface area (Å²) >= 11 is 1.55. The Morgan fingerprint density at radius 1 is 1.17 bits per heavy atom. The van der Waals surface area contributed by atoms with Crippen LogP contribution in [-0.4, -0.2) is 17.4 Å². The number of hydrogen-bond acceptors (Lipinski definition) is 3. The summed E-state index contributed by atoms with van der Waals surface area (Å²) in [6.07, 6.45) is 0. The van der Waals surface area contributed by atoms with Crippen molar-refractivity contribution in [2.24, 2.45) is 5.10 Å². The van der Waals surface area contributed by atoms with Crippen molar-refractivity contribution in [1.82, 2.24) is 5.43 Å². The largest absolute Gasteiger partial charge is 0.272 e. The molecule has 2 aromatic rings. The highest BCUT2D eigenvalue weighted by Gasteiger charge is 2.04. The van der Waals surface area contributed by atoms with Crippen molar-refractivity contribution in [2.75, 3.05) is 5.75 Å². The van der Waals surface area contributed by atoms with E-state index in [0.717, 1.165) is 11.3 Å². The molecule has 1 amide bonds. The number of carbonyl (C=O) groups is 1. The Labute approximate surface area is 140 Å². The maximum Gasteiger partial charge on any atom is 0.250 e. The highest BCUT2D eigenvalue weighted by molar-refractivity contribution is 7.99. The van der Waals surface area contributed by atoms with Crippen LogP contribution < -0.4 is 5.43 Å². The summed E-state index contributed by atoms with van der Waals surface area (Å²) in [5.74, 6) is 0.693. The van der Waals surface area contributed by atoms with Crippen LogP contribution in [-0.2, 0) is 10.5 Å². The van der Waals surface area contributed by atoms with Crippen LogP contribution in [0.25, 0.3) is 0 Å². The van der Waals surface area contributed by atoms with Gasteiger partial charge in [-0.3, -0.25) is 4.79 Å². The lowest BCUT2D eigenvalue weighted by molar-refractivity contribution is -0.118. The molecule has 1 N–H and O–H groups in total. The minimum Gasteiger partial charge on any atom is -0.272 e. The van der Waals surface area contributed by atoms with Gasteiger partial charge < -0.3 is 0 Å². The van der Waals surface area contributed by atoms with Gasteiger partial charge in [-0.1, -0.05) is 36.4 Å². The van der Waals surface area contributed by atoms with Gasteiger partial charge in [0.15, 0.2) is 0 Å². The molecule has 0 aliphatic carbocycles. The number of aryl methyl sites for hydroxylation is 1. The molecule has 0 saturated heterocycles. The van der Waals surface area contributed by atoms with Crippen molar-refractivity contribution in [3.63, 3.8) is 0 Å².